The predicted molar refractivity (Wildman–Crippen MR) is 79.3 cm³/mol. The first-order valence-electron chi connectivity index (χ1n) is 6.67. The van der Waals surface area contributed by atoms with Gasteiger partial charge in [-0.25, -0.2) is 12.8 Å². The van der Waals surface area contributed by atoms with E-state index < -0.39 is 15.8 Å². The van der Waals surface area contributed by atoms with E-state index in [1.165, 1.54) is 16.4 Å². The van der Waals surface area contributed by atoms with Crippen molar-refractivity contribution in [3.63, 3.8) is 0 Å². The summed E-state index contributed by atoms with van der Waals surface area (Å²) in [6, 6.07) is 3.99. The quantitative estimate of drug-likeness (QED) is 0.843. The molecule has 0 spiro atoms. The maximum atomic E-state index is 13.9. The zero-order chi connectivity index (χ0) is 15.5. The van der Waals surface area contributed by atoms with Crippen LogP contribution in [0.2, 0.25) is 0 Å². The topological polar surface area (TPSA) is 58.6 Å². The largest absolute Gasteiger partial charge is 0.381 e. The van der Waals surface area contributed by atoms with Crippen LogP contribution in [0.15, 0.2) is 35.2 Å². The van der Waals surface area contributed by atoms with Gasteiger partial charge in [-0.2, -0.15) is 4.31 Å². The van der Waals surface area contributed by atoms with Crippen LogP contribution in [-0.2, 0) is 14.8 Å². The summed E-state index contributed by atoms with van der Waals surface area (Å²) in [6.45, 7) is 7.25. The van der Waals surface area contributed by atoms with Gasteiger partial charge < -0.3 is 10.1 Å². The summed E-state index contributed by atoms with van der Waals surface area (Å²) < 4.78 is 45.3. The van der Waals surface area contributed by atoms with Gasteiger partial charge in [0.05, 0.1) is 13.2 Å². The second-order valence-electron chi connectivity index (χ2n) is 4.97. The van der Waals surface area contributed by atoms with Gasteiger partial charge in [0.1, 0.15) is 10.7 Å². The molecule has 116 valence electrons. The molecule has 0 bridgehead atoms. The maximum absolute atomic E-state index is 13.9. The standard InChI is InChI=1S/C14H19FN2O3S/c1-11(2)10-16-12-3-4-13(15)14(9-12)21(18,19)17-5-7-20-8-6-17/h3-4,9,16H,1,5-8,10H2,2H3. The maximum Gasteiger partial charge on any atom is 0.246 e. The van der Waals surface area contributed by atoms with E-state index in [-0.39, 0.29) is 18.0 Å². The van der Waals surface area contributed by atoms with E-state index in [9.17, 15) is 12.8 Å². The van der Waals surface area contributed by atoms with Gasteiger partial charge in [-0.3, -0.25) is 0 Å². The van der Waals surface area contributed by atoms with Crippen LogP contribution in [0.5, 0.6) is 0 Å². The Labute approximate surface area is 124 Å². The van der Waals surface area contributed by atoms with Crippen molar-refractivity contribution in [2.75, 3.05) is 38.2 Å². The number of benzene rings is 1. The number of nitrogens with one attached hydrogen (secondary N) is 1. The number of sulfonamides is 1. The Morgan fingerprint density at radius 1 is 1.43 bits per heavy atom. The highest BCUT2D eigenvalue weighted by Gasteiger charge is 2.29. The molecule has 1 aromatic carbocycles. The highest BCUT2D eigenvalue weighted by molar-refractivity contribution is 7.89. The molecule has 2 rings (SSSR count). The number of hydrogen-bond acceptors (Lipinski definition) is 4. The number of ether oxygens (including phenoxy) is 1. The van der Waals surface area contributed by atoms with Crippen molar-refractivity contribution in [1.82, 2.24) is 4.31 Å². The normalized spacial score (nSPS) is 16.7. The van der Waals surface area contributed by atoms with Crippen molar-refractivity contribution in [2.24, 2.45) is 0 Å². The van der Waals surface area contributed by atoms with Gasteiger partial charge in [0, 0.05) is 25.3 Å². The third kappa shape index (κ3) is 3.81. The number of rotatable bonds is 5. The molecule has 0 unspecified atom stereocenters. The lowest BCUT2D eigenvalue weighted by Gasteiger charge is -2.26. The average molecular weight is 314 g/mol. The van der Waals surface area contributed by atoms with E-state index in [0.717, 1.165) is 11.6 Å². The minimum Gasteiger partial charge on any atom is -0.381 e. The molecule has 1 N–H and O–H groups in total. The Balaban J connectivity index is 2.28. The van der Waals surface area contributed by atoms with Gasteiger partial charge in [-0.05, 0) is 25.1 Å². The van der Waals surface area contributed by atoms with E-state index >= 15 is 0 Å². The molecule has 0 aromatic heterocycles. The molecule has 21 heavy (non-hydrogen) atoms. The molecule has 1 heterocycles. The molecule has 0 aliphatic carbocycles. The highest BCUT2D eigenvalue weighted by atomic mass is 32.2. The molecule has 0 radical (unpaired) electrons. The Kier molecular flexibility index (Phi) is 4.97. The first-order valence-corrected chi connectivity index (χ1v) is 8.11. The van der Waals surface area contributed by atoms with Crippen molar-refractivity contribution >= 4 is 15.7 Å². The summed E-state index contributed by atoms with van der Waals surface area (Å²) in [7, 11) is -3.84. The van der Waals surface area contributed by atoms with E-state index in [1.54, 1.807) is 0 Å². The van der Waals surface area contributed by atoms with Crippen molar-refractivity contribution in [2.45, 2.75) is 11.8 Å². The van der Waals surface area contributed by atoms with Gasteiger partial charge in [0.15, 0.2) is 0 Å². The molecule has 1 fully saturated rings. The third-order valence-corrected chi connectivity index (χ3v) is 5.03. The summed E-state index contributed by atoms with van der Waals surface area (Å²) in [5, 5.41) is 3.01. The summed E-state index contributed by atoms with van der Waals surface area (Å²) in [5.41, 5.74) is 1.45. The van der Waals surface area contributed by atoms with Crippen molar-refractivity contribution < 1.29 is 17.5 Å². The van der Waals surface area contributed by atoms with Gasteiger partial charge in [-0.15, -0.1) is 0 Å². The Bertz CT molecular complexity index is 625. The van der Waals surface area contributed by atoms with Crippen LogP contribution >= 0.6 is 0 Å². The van der Waals surface area contributed by atoms with Gasteiger partial charge >= 0.3 is 0 Å². The Morgan fingerprint density at radius 2 is 2.10 bits per heavy atom. The molecular weight excluding hydrogens is 295 g/mol. The van der Waals surface area contributed by atoms with Crippen LogP contribution in [-0.4, -0.2) is 45.6 Å². The van der Waals surface area contributed by atoms with Gasteiger partial charge in [-0.1, -0.05) is 12.2 Å². The molecule has 0 saturated carbocycles. The fourth-order valence-electron chi connectivity index (χ4n) is 1.99. The molecule has 1 saturated heterocycles. The zero-order valence-electron chi connectivity index (χ0n) is 11.9. The molecule has 5 nitrogen and oxygen atoms in total. The van der Waals surface area contributed by atoms with Crippen molar-refractivity contribution in [1.29, 1.82) is 0 Å². The van der Waals surface area contributed by atoms with E-state index in [2.05, 4.69) is 11.9 Å². The lowest BCUT2D eigenvalue weighted by molar-refractivity contribution is 0.0729. The van der Waals surface area contributed by atoms with Gasteiger partial charge in [0.2, 0.25) is 10.0 Å². The summed E-state index contributed by atoms with van der Waals surface area (Å²) in [5.74, 6) is -0.748. The second-order valence-corrected chi connectivity index (χ2v) is 6.88. The molecule has 0 atom stereocenters. The minimum atomic E-state index is -3.84. The fraction of sp³-hybridized carbons (Fsp3) is 0.429. The number of halogens is 1. The molecule has 1 aliphatic rings. The molecule has 1 aliphatic heterocycles. The first-order chi connectivity index (χ1) is 9.91. The first kappa shape index (κ1) is 15.9. The third-order valence-electron chi connectivity index (χ3n) is 3.11. The smallest absolute Gasteiger partial charge is 0.246 e. The molecule has 7 heteroatoms. The van der Waals surface area contributed by atoms with Crippen LogP contribution in [0, 0.1) is 5.82 Å². The SMILES string of the molecule is C=C(C)CNc1ccc(F)c(S(=O)(=O)N2CCOCC2)c1. The number of hydrogen-bond donors (Lipinski definition) is 1. The van der Waals surface area contributed by atoms with Crippen LogP contribution in [0.3, 0.4) is 0 Å². The summed E-state index contributed by atoms with van der Waals surface area (Å²) >= 11 is 0. The van der Waals surface area contributed by atoms with E-state index in [1.807, 2.05) is 6.92 Å². The molecular formula is C14H19FN2O3S. The fourth-order valence-corrected chi connectivity index (χ4v) is 3.49. The summed E-state index contributed by atoms with van der Waals surface area (Å²) in [4.78, 5) is -0.309. The summed E-state index contributed by atoms with van der Waals surface area (Å²) in [6.07, 6.45) is 0. The number of morpholine rings is 1. The Hall–Kier alpha value is -1.44. The second kappa shape index (κ2) is 6.55. The molecule has 1 aromatic rings. The van der Waals surface area contributed by atoms with Gasteiger partial charge in [0.25, 0.3) is 0 Å². The number of nitrogens with zero attached hydrogens (tertiary/aromatic N) is 1. The van der Waals surface area contributed by atoms with Crippen LogP contribution in [0.25, 0.3) is 0 Å². The Morgan fingerprint density at radius 3 is 2.71 bits per heavy atom. The van der Waals surface area contributed by atoms with Crippen LogP contribution < -0.4 is 5.32 Å². The minimum absolute atomic E-state index is 0.241. The monoisotopic (exact) mass is 314 g/mol. The lowest BCUT2D eigenvalue weighted by atomic mass is 10.3. The zero-order valence-corrected chi connectivity index (χ0v) is 12.7. The average Bonchev–Trinajstić information content (AvgIpc) is 2.47. The van der Waals surface area contributed by atoms with E-state index in [0.29, 0.717) is 25.4 Å². The van der Waals surface area contributed by atoms with Crippen LogP contribution in [0.4, 0.5) is 10.1 Å². The van der Waals surface area contributed by atoms with Crippen molar-refractivity contribution in [3.05, 3.63) is 36.2 Å². The lowest BCUT2D eigenvalue weighted by Crippen LogP contribution is -2.40. The number of anilines is 1. The highest BCUT2D eigenvalue weighted by Crippen LogP contribution is 2.23. The predicted octanol–water partition coefficient (Wildman–Crippen LogP) is 1.83. The van der Waals surface area contributed by atoms with E-state index in [4.69, 9.17) is 4.74 Å². The van der Waals surface area contributed by atoms with Crippen LogP contribution in [0.1, 0.15) is 6.92 Å². The molecule has 0 amide bonds. The van der Waals surface area contributed by atoms with Crippen molar-refractivity contribution in [3.8, 4) is 0 Å².